The lowest BCUT2D eigenvalue weighted by Crippen LogP contribution is -2.49. The molecule has 5 nitrogen and oxygen atoms in total. The summed E-state index contributed by atoms with van der Waals surface area (Å²) in [6.07, 6.45) is 10.1. The van der Waals surface area contributed by atoms with Gasteiger partial charge >= 0.3 is 0 Å². The van der Waals surface area contributed by atoms with Crippen molar-refractivity contribution in [2.24, 2.45) is 5.92 Å². The van der Waals surface area contributed by atoms with Crippen molar-refractivity contribution >= 4 is 17.2 Å². The molecule has 0 aromatic heterocycles. The standard InChI is InChI=1S/C28H31ClN2O3/c1-20-18-30(16-13-28(20,33)21-7-9-22(29)10-8-21)14-4-5-24-25-17-23(32)11-12-27(25)34-19-31-15-3-2-6-26(24)31/h2-3,5-12,17,20,32-33H,4,13-16,18-19H2,1H3. The van der Waals surface area contributed by atoms with Crippen molar-refractivity contribution in [3.05, 3.63) is 88.6 Å². The first-order valence-corrected chi connectivity index (χ1v) is 12.3. The highest BCUT2D eigenvalue weighted by molar-refractivity contribution is 6.30. The fourth-order valence-corrected chi connectivity index (χ4v) is 5.38. The molecule has 5 rings (SSSR count). The van der Waals surface area contributed by atoms with E-state index in [1.807, 2.05) is 30.3 Å². The summed E-state index contributed by atoms with van der Waals surface area (Å²) >= 11 is 6.04. The summed E-state index contributed by atoms with van der Waals surface area (Å²) in [6, 6.07) is 12.9. The number of likely N-dealkylation sites (tertiary alicyclic amines) is 1. The van der Waals surface area contributed by atoms with Crippen molar-refractivity contribution < 1.29 is 14.9 Å². The summed E-state index contributed by atoms with van der Waals surface area (Å²) in [6.45, 7) is 5.99. The smallest absolute Gasteiger partial charge is 0.161 e. The average Bonchev–Trinajstić information content (AvgIpc) is 2.99. The van der Waals surface area contributed by atoms with Gasteiger partial charge in [-0.1, -0.05) is 48.9 Å². The van der Waals surface area contributed by atoms with Crippen molar-refractivity contribution in [1.29, 1.82) is 0 Å². The maximum atomic E-state index is 11.4. The van der Waals surface area contributed by atoms with Gasteiger partial charge in [-0.3, -0.25) is 0 Å². The number of fused-ring (bicyclic) bond motifs is 2. The molecule has 34 heavy (non-hydrogen) atoms. The van der Waals surface area contributed by atoms with Gasteiger partial charge < -0.3 is 24.7 Å². The number of rotatable bonds is 4. The molecule has 0 radical (unpaired) electrons. The second-order valence-electron chi connectivity index (χ2n) is 9.45. The minimum Gasteiger partial charge on any atom is -0.508 e. The van der Waals surface area contributed by atoms with Crippen molar-refractivity contribution in [1.82, 2.24) is 9.80 Å². The minimum absolute atomic E-state index is 0.112. The first-order valence-electron chi connectivity index (χ1n) is 11.9. The Balaban J connectivity index is 1.31. The fourth-order valence-electron chi connectivity index (χ4n) is 5.25. The van der Waals surface area contributed by atoms with Crippen LogP contribution in [0.5, 0.6) is 11.5 Å². The molecular weight excluding hydrogens is 448 g/mol. The number of ether oxygens (including phenoxy) is 1. The van der Waals surface area contributed by atoms with Crippen molar-refractivity contribution in [2.45, 2.75) is 25.4 Å². The third kappa shape index (κ3) is 4.48. The quantitative estimate of drug-likeness (QED) is 0.636. The molecule has 0 aliphatic carbocycles. The van der Waals surface area contributed by atoms with Crippen LogP contribution in [0.15, 0.2) is 72.5 Å². The van der Waals surface area contributed by atoms with Gasteiger partial charge in [-0.15, -0.1) is 0 Å². The molecule has 2 aromatic carbocycles. The van der Waals surface area contributed by atoms with Crippen LogP contribution >= 0.6 is 11.6 Å². The van der Waals surface area contributed by atoms with Gasteiger partial charge in [0.1, 0.15) is 11.5 Å². The molecule has 3 aliphatic rings. The Kier molecular flexibility index (Phi) is 6.43. The molecule has 3 heterocycles. The van der Waals surface area contributed by atoms with Crippen LogP contribution in [-0.2, 0) is 5.60 Å². The summed E-state index contributed by atoms with van der Waals surface area (Å²) < 4.78 is 6.04. The van der Waals surface area contributed by atoms with E-state index >= 15 is 0 Å². The number of hydrogen-bond acceptors (Lipinski definition) is 5. The SMILES string of the molecule is CC1CN(CCC=C2C3=CC=CCN3COc3ccc(O)cc32)CCC1(O)c1ccc(Cl)cc1. The van der Waals surface area contributed by atoms with Crippen LogP contribution in [0.25, 0.3) is 5.57 Å². The molecule has 2 aromatic rings. The van der Waals surface area contributed by atoms with Crippen LogP contribution < -0.4 is 4.74 Å². The Bertz CT molecular complexity index is 1140. The number of aliphatic hydroxyl groups is 1. The lowest BCUT2D eigenvalue weighted by molar-refractivity contribution is -0.0706. The topological polar surface area (TPSA) is 56.2 Å². The van der Waals surface area contributed by atoms with Gasteiger partial charge in [-0.05, 0) is 54.8 Å². The van der Waals surface area contributed by atoms with E-state index < -0.39 is 5.60 Å². The van der Waals surface area contributed by atoms with E-state index in [0.29, 0.717) is 18.2 Å². The first kappa shape index (κ1) is 23.0. The number of piperidine rings is 1. The van der Waals surface area contributed by atoms with Gasteiger partial charge in [-0.25, -0.2) is 0 Å². The second kappa shape index (κ2) is 9.49. The highest BCUT2D eigenvalue weighted by Crippen LogP contribution is 2.40. The molecule has 0 spiro atoms. The maximum absolute atomic E-state index is 11.4. The zero-order valence-electron chi connectivity index (χ0n) is 19.5. The van der Waals surface area contributed by atoms with Crippen LogP contribution in [-0.4, -0.2) is 52.9 Å². The predicted octanol–water partition coefficient (Wildman–Crippen LogP) is 5.15. The van der Waals surface area contributed by atoms with Crippen molar-refractivity contribution in [2.75, 3.05) is 32.9 Å². The average molecular weight is 479 g/mol. The molecule has 2 N–H and O–H groups in total. The van der Waals surface area contributed by atoms with E-state index in [1.165, 1.54) is 0 Å². The van der Waals surface area contributed by atoms with Crippen LogP contribution in [0, 0.1) is 5.92 Å². The molecule has 2 unspecified atom stereocenters. The molecule has 1 fully saturated rings. The molecule has 6 heteroatoms. The van der Waals surface area contributed by atoms with Crippen LogP contribution in [0.4, 0.5) is 0 Å². The fraction of sp³-hybridized carbons (Fsp3) is 0.357. The summed E-state index contributed by atoms with van der Waals surface area (Å²) in [5.41, 5.74) is 3.26. The van der Waals surface area contributed by atoms with Crippen LogP contribution in [0.2, 0.25) is 5.02 Å². The van der Waals surface area contributed by atoms with Gasteiger partial charge in [0.05, 0.1) is 5.60 Å². The first-order chi connectivity index (χ1) is 16.4. The van der Waals surface area contributed by atoms with Crippen molar-refractivity contribution in [3.8, 4) is 11.5 Å². The highest BCUT2D eigenvalue weighted by Gasteiger charge is 2.40. The number of benzene rings is 2. The van der Waals surface area contributed by atoms with Gasteiger partial charge in [0.15, 0.2) is 6.73 Å². The molecule has 0 saturated carbocycles. The number of halogens is 1. The number of hydrogen-bond donors (Lipinski definition) is 2. The van der Waals surface area contributed by atoms with E-state index in [0.717, 1.165) is 60.7 Å². The third-order valence-corrected chi connectivity index (χ3v) is 7.51. The van der Waals surface area contributed by atoms with Gasteiger partial charge in [0, 0.05) is 54.0 Å². The normalized spacial score (nSPS) is 25.9. The summed E-state index contributed by atoms with van der Waals surface area (Å²) in [4.78, 5) is 4.63. The predicted molar refractivity (Wildman–Crippen MR) is 136 cm³/mol. The second-order valence-corrected chi connectivity index (χ2v) is 9.88. The lowest BCUT2D eigenvalue weighted by atomic mass is 9.77. The molecular formula is C28H31ClN2O3. The summed E-state index contributed by atoms with van der Waals surface area (Å²) in [5.74, 6) is 1.14. The van der Waals surface area contributed by atoms with E-state index in [1.54, 1.807) is 12.1 Å². The van der Waals surface area contributed by atoms with Crippen molar-refractivity contribution in [3.63, 3.8) is 0 Å². The monoisotopic (exact) mass is 478 g/mol. The molecule has 3 aliphatic heterocycles. The molecule has 0 amide bonds. The maximum Gasteiger partial charge on any atom is 0.161 e. The van der Waals surface area contributed by atoms with E-state index in [2.05, 4.69) is 41.0 Å². The molecule has 0 bridgehead atoms. The minimum atomic E-state index is -0.825. The number of phenols is 1. The zero-order chi connectivity index (χ0) is 23.7. The highest BCUT2D eigenvalue weighted by atomic mass is 35.5. The number of phenolic OH excluding ortho intramolecular Hbond substituents is 1. The summed E-state index contributed by atoms with van der Waals surface area (Å²) in [5, 5.41) is 22.2. The molecule has 2 atom stereocenters. The van der Waals surface area contributed by atoms with E-state index in [4.69, 9.17) is 16.3 Å². The van der Waals surface area contributed by atoms with E-state index in [-0.39, 0.29) is 11.7 Å². The number of aromatic hydroxyl groups is 1. The zero-order valence-corrected chi connectivity index (χ0v) is 20.2. The number of nitrogens with zero attached hydrogens (tertiary/aromatic N) is 2. The Hall–Kier alpha value is -2.73. The Morgan fingerprint density at radius 2 is 2.03 bits per heavy atom. The molecule has 178 valence electrons. The van der Waals surface area contributed by atoms with Gasteiger partial charge in [-0.2, -0.15) is 0 Å². The largest absolute Gasteiger partial charge is 0.508 e. The Labute approximate surface area is 206 Å². The Morgan fingerprint density at radius 3 is 2.82 bits per heavy atom. The van der Waals surface area contributed by atoms with Crippen LogP contribution in [0.3, 0.4) is 0 Å². The van der Waals surface area contributed by atoms with E-state index in [9.17, 15) is 10.2 Å². The third-order valence-electron chi connectivity index (χ3n) is 7.26. The lowest BCUT2D eigenvalue weighted by Gasteiger charge is -2.43. The van der Waals surface area contributed by atoms with Gasteiger partial charge in [0.2, 0.25) is 0 Å². The number of allylic oxidation sites excluding steroid dienone is 3. The van der Waals surface area contributed by atoms with Gasteiger partial charge in [0.25, 0.3) is 0 Å². The molecule has 1 saturated heterocycles. The van der Waals surface area contributed by atoms with Crippen LogP contribution in [0.1, 0.15) is 30.9 Å². The summed E-state index contributed by atoms with van der Waals surface area (Å²) in [7, 11) is 0. The Morgan fingerprint density at radius 1 is 1.21 bits per heavy atom.